The zero-order valence-electron chi connectivity index (χ0n) is 15.2. The number of anilines is 1. The molecule has 1 aromatic rings. The molecule has 142 valence electrons. The number of thiocarbonyl (C=S) groups is 1. The molecule has 0 radical (unpaired) electrons. The summed E-state index contributed by atoms with van der Waals surface area (Å²) < 4.78 is 4.96. The molecule has 0 heterocycles. The Morgan fingerprint density at radius 3 is 2.77 bits per heavy atom. The molecule has 3 N–H and O–H groups in total. The highest BCUT2D eigenvalue weighted by molar-refractivity contribution is 7.80. The van der Waals surface area contributed by atoms with E-state index in [1.807, 2.05) is 0 Å². The minimum absolute atomic E-state index is 0.0542. The smallest absolute Gasteiger partial charge is 0.251 e. The summed E-state index contributed by atoms with van der Waals surface area (Å²) in [6.45, 7) is 1.16. The first-order chi connectivity index (χ1) is 12.6. The molecule has 0 bridgehead atoms. The lowest BCUT2D eigenvalue weighted by molar-refractivity contribution is -0.120. The first kappa shape index (κ1) is 20.3. The van der Waals surface area contributed by atoms with E-state index >= 15 is 0 Å². The number of carbonyl (C=O) groups excluding carboxylic acids is 2. The van der Waals surface area contributed by atoms with Crippen LogP contribution in [-0.2, 0) is 9.53 Å². The lowest BCUT2D eigenvalue weighted by atomic mass is 10.0. The minimum atomic E-state index is -0.152. The lowest BCUT2D eigenvalue weighted by Crippen LogP contribution is -2.35. The molecule has 0 aliphatic heterocycles. The first-order valence-corrected chi connectivity index (χ1v) is 9.47. The van der Waals surface area contributed by atoms with E-state index in [9.17, 15) is 9.59 Å². The van der Waals surface area contributed by atoms with E-state index in [1.165, 1.54) is 12.8 Å². The van der Waals surface area contributed by atoms with E-state index in [0.717, 1.165) is 19.3 Å². The van der Waals surface area contributed by atoms with Crippen molar-refractivity contribution in [2.75, 3.05) is 25.6 Å². The van der Waals surface area contributed by atoms with Crippen molar-refractivity contribution in [3.05, 3.63) is 29.8 Å². The summed E-state index contributed by atoms with van der Waals surface area (Å²) in [5.74, 6) is 0.269. The van der Waals surface area contributed by atoms with E-state index in [1.54, 1.807) is 31.4 Å². The molecule has 2 amide bonds. The Balaban J connectivity index is 1.80. The number of ether oxygens (including phenoxy) is 1. The summed E-state index contributed by atoms with van der Waals surface area (Å²) in [6, 6.07) is 7.02. The van der Waals surface area contributed by atoms with Gasteiger partial charge in [-0.15, -0.1) is 0 Å². The van der Waals surface area contributed by atoms with Crippen LogP contribution in [0.5, 0.6) is 0 Å². The Morgan fingerprint density at radius 2 is 2.04 bits per heavy atom. The fraction of sp³-hybridized carbons (Fsp3) is 0.526. The van der Waals surface area contributed by atoms with Crippen LogP contribution in [0.3, 0.4) is 0 Å². The number of rotatable bonds is 8. The van der Waals surface area contributed by atoms with Crippen LogP contribution < -0.4 is 16.0 Å². The van der Waals surface area contributed by atoms with Crippen LogP contribution >= 0.6 is 12.2 Å². The van der Waals surface area contributed by atoms with Gasteiger partial charge < -0.3 is 20.7 Å². The van der Waals surface area contributed by atoms with Gasteiger partial charge in [0, 0.05) is 37.9 Å². The summed E-state index contributed by atoms with van der Waals surface area (Å²) in [5, 5.41) is 8.78. The monoisotopic (exact) mass is 377 g/mol. The molecule has 1 aromatic carbocycles. The molecule has 1 saturated carbocycles. The summed E-state index contributed by atoms with van der Waals surface area (Å²) in [7, 11) is 1.63. The van der Waals surface area contributed by atoms with Crippen LogP contribution in [0.2, 0.25) is 0 Å². The second kappa shape index (κ2) is 10.9. The Morgan fingerprint density at radius 1 is 1.27 bits per heavy atom. The van der Waals surface area contributed by atoms with Crippen molar-refractivity contribution < 1.29 is 14.3 Å². The number of carbonyl (C=O) groups is 2. The maximum absolute atomic E-state index is 12.1. The zero-order chi connectivity index (χ0) is 18.8. The Labute approximate surface area is 160 Å². The second-order valence-corrected chi connectivity index (χ2v) is 6.95. The van der Waals surface area contributed by atoms with Crippen LogP contribution in [0.1, 0.15) is 48.9 Å². The fourth-order valence-corrected chi connectivity index (χ4v) is 3.31. The van der Waals surface area contributed by atoms with Crippen molar-refractivity contribution in [2.45, 2.75) is 38.5 Å². The highest BCUT2D eigenvalue weighted by Gasteiger charge is 2.18. The van der Waals surface area contributed by atoms with Gasteiger partial charge in [-0.05, 0) is 55.6 Å². The average molecular weight is 378 g/mol. The number of hydrogen-bond donors (Lipinski definition) is 3. The Kier molecular flexibility index (Phi) is 8.50. The molecule has 6 nitrogen and oxygen atoms in total. The highest BCUT2D eigenvalue weighted by Crippen LogP contribution is 2.27. The van der Waals surface area contributed by atoms with Crippen LogP contribution in [0.25, 0.3) is 0 Å². The predicted molar refractivity (Wildman–Crippen MR) is 106 cm³/mol. The average Bonchev–Trinajstić information content (AvgIpc) is 3.11. The van der Waals surface area contributed by atoms with Crippen molar-refractivity contribution in [3.63, 3.8) is 0 Å². The lowest BCUT2D eigenvalue weighted by Gasteiger charge is -2.12. The number of amides is 2. The Hall–Kier alpha value is -1.99. The first-order valence-electron chi connectivity index (χ1n) is 9.06. The van der Waals surface area contributed by atoms with Crippen LogP contribution in [0, 0.1) is 5.92 Å². The molecule has 0 unspecified atom stereocenters. The molecule has 1 aliphatic rings. The van der Waals surface area contributed by atoms with E-state index in [2.05, 4.69) is 16.0 Å². The van der Waals surface area contributed by atoms with Crippen molar-refractivity contribution in [1.82, 2.24) is 10.6 Å². The number of nitrogens with one attached hydrogen (secondary N) is 3. The van der Waals surface area contributed by atoms with Crippen LogP contribution in [0.15, 0.2) is 24.3 Å². The predicted octanol–water partition coefficient (Wildman–Crippen LogP) is 2.85. The van der Waals surface area contributed by atoms with E-state index in [-0.39, 0.29) is 16.9 Å². The van der Waals surface area contributed by atoms with Crippen molar-refractivity contribution in [1.29, 1.82) is 0 Å². The normalized spacial score (nSPS) is 14.0. The minimum Gasteiger partial charge on any atom is -0.385 e. The maximum Gasteiger partial charge on any atom is 0.251 e. The van der Waals surface area contributed by atoms with Crippen molar-refractivity contribution in [3.8, 4) is 0 Å². The van der Waals surface area contributed by atoms with Gasteiger partial charge in [-0.2, -0.15) is 0 Å². The summed E-state index contributed by atoms with van der Waals surface area (Å²) in [4.78, 5) is 24.2. The van der Waals surface area contributed by atoms with Gasteiger partial charge in [0.05, 0.1) is 0 Å². The number of benzene rings is 1. The molecule has 1 aliphatic carbocycles. The molecule has 7 heteroatoms. The largest absolute Gasteiger partial charge is 0.385 e. The van der Waals surface area contributed by atoms with Gasteiger partial charge in [0.1, 0.15) is 0 Å². The molecular formula is C19H27N3O3S. The summed E-state index contributed by atoms with van der Waals surface area (Å²) in [6.07, 6.45) is 5.94. The zero-order valence-corrected chi connectivity index (χ0v) is 16.0. The van der Waals surface area contributed by atoms with Crippen molar-refractivity contribution in [2.24, 2.45) is 5.92 Å². The standard InChI is InChI=1S/C19H27N3O3S/c1-25-11-5-10-20-18(24)15-8-4-9-16(13-15)21-19(26)22-17(23)12-14-6-2-3-7-14/h4,8-9,13-14H,2-3,5-7,10-12H2,1H3,(H,20,24)(H2,21,22,23,26). The third kappa shape index (κ3) is 7.09. The summed E-state index contributed by atoms with van der Waals surface area (Å²) >= 11 is 5.20. The summed E-state index contributed by atoms with van der Waals surface area (Å²) in [5.41, 5.74) is 1.20. The third-order valence-corrected chi connectivity index (χ3v) is 4.60. The van der Waals surface area contributed by atoms with Gasteiger partial charge in [0.2, 0.25) is 5.91 Å². The maximum atomic E-state index is 12.1. The van der Waals surface area contributed by atoms with Crippen molar-refractivity contribution >= 4 is 34.8 Å². The molecule has 26 heavy (non-hydrogen) atoms. The van der Waals surface area contributed by atoms with Gasteiger partial charge in [-0.3, -0.25) is 9.59 Å². The van der Waals surface area contributed by atoms with Gasteiger partial charge >= 0.3 is 0 Å². The number of hydrogen-bond acceptors (Lipinski definition) is 4. The molecule has 0 spiro atoms. The fourth-order valence-electron chi connectivity index (χ4n) is 3.08. The van der Waals surface area contributed by atoms with Crippen LogP contribution in [0.4, 0.5) is 5.69 Å². The van der Waals surface area contributed by atoms with E-state index < -0.39 is 0 Å². The Bertz CT molecular complexity index is 630. The topological polar surface area (TPSA) is 79.5 Å². The van der Waals surface area contributed by atoms with E-state index in [4.69, 9.17) is 17.0 Å². The van der Waals surface area contributed by atoms with E-state index in [0.29, 0.717) is 36.7 Å². The quantitative estimate of drug-likeness (QED) is 0.480. The third-order valence-electron chi connectivity index (χ3n) is 4.40. The van der Waals surface area contributed by atoms with Gasteiger partial charge in [0.25, 0.3) is 5.91 Å². The highest BCUT2D eigenvalue weighted by atomic mass is 32.1. The van der Waals surface area contributed by atoms with Crippen LogP contribution in [-0.4, -0.2) is 37.2 Å². The molecule has 1 fully saturated rings. The van der Waals surface area contributed by atoms with Gasteiger partial charge in [-0.25, -0.2) is 0 Å². The second-order valence-electron chi connectivity index (χ2n) is 6.54. The molecule has 0 saturated heterocycles. The molecule has 0 aromatic heterocycles. The molecule has 2 rings (SSSR count). The van der Waals surface area contributed by atoms with Gasteiger partial charge in [-0.1, -0.05) is 18.9 Å². The van der Waals surface area contributed by atoms with Gasteiger partial charge in [0.15, 0.2) is 5.11 Å². The molecular weight excluding hydrogens is 350 g/mol. The molecule has 0 atom stereocenters. The SMILES string of the molecule is COCCCNC(=O)c1cccc(NC(=S)NC(=O)CC2CCCC2)c1. The number of methoxy groups -OCH3 is 1.